The summed E-state index contributed by atoms with van der Waals surface area (Å²) in [5, 5.41) is 11.1. The average molecular weight is 239 g/mol. The molecule has 0 spiro atoms. The van der Waals surface area contributed by atoms with E-state index in [1.54, 1.807) is 11.3 Å². The van der Waals surface area contributed by atoms with Crippen LogP contribution in [0.5, 0.6) is 0 Å². The van der Waals surface area contributed by atoms with E-state index >= 15 is 0 Å². The zero-order chi connectivity index (χ0) is 11.0. The van der Waals surface area contributed by atoms with Crippen LogP contribution in [0.15, 0.2) is 0 Å². The molecule has 2 unspecified atom stereocenters. The Bertz CT molecular complexity index is 371. The zero-order valence-corrected chi connectivity index (χ0v) is 10.1. The van der Waals surface area contributed by atoms with Gasteiger partial charge in [-0.3, -0.25) is 0 Å². The molecular formula is C12H17NO2S. The molecule has 2 atom stereocenters. The highest BCUT2D eigenvalue weighted by atomic mass is 32.1. The second-order valence-corrected chi connectivity index (χ2v) is 5.80. The van der Waals surface area contributed by atoms with Gasteiger partial charge in [-0.15, -0.1) is 11.3 Å². The summed E-state index contributed by atoms with van der Waals surface area (Å²) in [5.74, 6) is 0.469. The molecule has 0 amide bonds. The molecule has 1 N–H and O–H groups in total. The minimum atomic E-state index is -0.321. The van der Waals surface area contributed by atoms with Crippen molar-refractivity contribution in [2.75, 3.05) is 13.2 Å². The van der Waals surface area contributed by atoms with E-state index in [1.165, 1.54) is 16.3 Å². The predicted molar refractivity (Wildman–Crippen MR) is 62.8 cm³/mol. The normalized spacial score (nSPS) is 30.1. The molecule has 1 saturated heterocycles. The molecule has 0 bridgehead atoms. The van der Waals surface area contributed by atoms with Crippen LogP contribution in [0.3, 0.4) is 0 Å². The van der Waals surface area contributed by atoms with Gasteiger partial charge in [0.05, 0.1) is 23.4 Å². The fraction of sp³-hybridized carbons (Fsp3) is 0.750. The van der Waals surface area contributed by atoms with Crippen LogP contribution in [-0.4, -0.2) is 23.3 Å². The SMILES string of the molecule is OC1CCCc2sc(C3CCCOC3)nc21. The Balaban J connectivity index is 1.85. The fourth-order valence-corrected chi connectivity index (χ4v) is 3.81. The maximum Gasteiger partial charge on any atom is 0.0986 e. The molecule has 1 aliphatic heterocycles. The maximum atomic E-state index is 9.89. The first-order valence-electron chi connectivity index (χ1n) is 6.10. The number of aryl methyl sites for hydroxylation is 1. The summed E-state index contributed by atoms with van der Waals surface area (Å²) in [6.07, 6.45) is 5.06. The molecule has 0 aromatic carbocycles. The number of ether oxygens (including phenoxy) is 1. The second-order valence-electron chi connectivity index (χ2n) is 4.68. The van der Waals surface area contributed by atoms with Gasteiger partial charge in [0.2, 0.25) is 0 Å². The number of hydrogen-bond donors (Lipinski definition) is 1. The van der Waals surface area contributed by atoms with Gasteiger partial charge in [0, 0.05) is 17.4 Å². The van der Waals surface area contributed by atoms with Crippen molar-refractivity contribution < 1.29 is 9.84 Å². The lowest BCUT2D eigenvalue weighted by atomic mass is 10.00. The van der Waals surface area contributed by atoms with Gasteiger partial charge in [-0.2, -0.15) is 0 Å². The number of hydrogen-bond acceptors (Lipinski definition) is 4. The van der Waals surface area contributed by atoms with Gasteiger partial charge in [0.25, 0.3) is 0 Å². The van der Waals surface area contributed by atoms with Gasteiger partial charge in [-0.1, -0.05) is 0 Å². The van der Waals surface area contributed by atoms with Crippen molar-refractivity contribution in [3.05, 3.63) is 15.6 Å². The highest BCUT2D eigenvalue weighted by Gasteiger charge is 2.26. The van der Waals surface area contributed by atoms with Crippen molar-refractivity contribution in [2.45, 2.75) is 44.1 Å². The third kappa shape index (κ3) is 1.90. The van der Waals surface area contributed by atoms with Crippen LogP contribution in [0.2, 0.25) is 0 Å². The number of nitrogens with zero attached hydrogens (tertiary/aromatic N) is 1. The first-order valence-corrected chi connectivity index (χ1v) is 6.91. The summed E-state index contributed by atoms with van der Waals surface area (Å²) < 4.78 is 5.50. The summed E-state index contributed by atoms with van der Waals surface area (Å²) >= 11 is 1.79. The van der Waals surface area contributed by atoms with E-state index in [0.717, 1.165) is 44.6 Å². The van der Waals surface area contributed by atoms with E-state index in [0.29, 0.717) is 5.92 Å². The molecule has 1 aromatic heterocycles. The number of aromatic nitrogens is 1. The van der Waals surface area contributed by atoms with Crippen molar-refractivity contribution in [2.24, 2.45) is 0 Å². The van der Waals surface area contributed by atoms with Crippen molar-refractivity contribution in [3.8, 4) is 0 Å². The van der Waals surface area contributed by atoms with Gasteiger partial charge in [0.1, 0.15) is 0 Å². The molecule has 88 valence electrons. The van der Waals surface area contributed by atoms with Crippen molar-refractivity contribution in [3.63, 3.8) is 0 Å². The lowest BCUT2D eigenvalue weighted by molar-refractivity contribution is 0.0801. The number of aliphatic hydroxyl groups excluding tert-OH is 1. The van der Waals surface area contributed by atoms with Crippen molar-refractivity contribution >= 4 is 11.3 Å². The summed E-state index contributed by atoms with van der Waals surface area (Å²) in [7, 11) is 0. The van der Waals surface area contributed by atoms with Crippen LogP contribution in [0.1, 0.15) is 53.3 Å². The lowest BCUT2D eigenvalue weighted by Gasteiger charge is -2.19. The first kappa shape index (κ1) is 10.7. The van der Waals surface area contributed by atoms with E-state index in [9.17, 15) is 5.11 Å². The van der Waals surface area contributed by atoms with Gasteiger partial charge in [-0.05, 0) is 32.1 Å². The highest BCUT2D eigenvalue weighted by Crippen LogP contribution is 2.37. The van der Waals surface area contributed by atoms with Crippen LogP contribution >= 0.6 is 11.3 Å². The van der Waals surface area contributed by atoms with E-state index in [2.05, 4.69) is 4.98 Å². The lowest BCUT2D eigenvalue weighted by Crippen LogP contribution is -2.15. The predicted octanol–water partition coefficient (Wildman–Crippen LogP) is 2.41. The van der Waals surface area contributed by atoms with Gasteiger partial charge in [-0.25, -0.2) is 4.98 Å². The van der Waals surface area contributed by atoms with Gasteiger partial charge in [0.15, 0.2) is 0 Å². The zero-order valence-electron chi connectivity index (χ0n) is 9.32. The maximum absolute atomic E-state index is 9.89. The number of thiazole rings is 1. The Labute approximate surface area is 99.5 Å². The molecule has 4 heteroatoms. The summed E-state index contributed by atoms with van der Waals surface area (Å²) in [6.45, 7) is 1.70. The second kappa shape index (κ2) is 4.43. The smallest absolute Gasteiger partial charge is 0.0986 e. The number of rotatable bonds is 1. The van der Waals surface area contributed by atoms with Gasteiger partial charge >= 0.3 is 0 Å². The Hall–Kier alpha value is -0.450. The molecule has 3 rings (SSSR count). The minimum Gasteiger partial charge on any atom is -0.387 e. The first-order chi connectivity index (χ1) is 7.84. The molecule has 1 fully saturated rings. The van der Waals surface area contributed by atoms with Crippen molar-refractivity contribution in [1.82, 2.24) is 4.98 Å². The van der Waals surface area contributed by atoms with E-state index in [-0.39, 0.29) is 6.10 Å². The number of aliphatic hydroxyl groups is 1. The number of fused-ring (bicyclic) bond motifs is 1. The Morgan fingerprint density at radius 3 is 3.00 bits per heavy atom. The molecule has 1 aromatic rings. The van der Waals surface area contributed by atoms with E-state index < -0.39 is 0 Å². The summed E-state index contributed by atoms with van der Waals surface area (Å²) in [4.78, 5) is 5.95. The standard InChI is InChI=1S/C12H17NO2S/c14-9-4-1-5-10-11(9)13-12(16-10)8-3-2-6-15-7-8/h8-9,14H,1-7H2. The Morgan fingerprint density at radius 2 is 2.25 bits per heavy atom. The Morgan fingerprint density at radius 1 is 1.31 bits per heavy atom. The van der Waals surface area contributed by atoms with Crippen LogP contribution in [0, 0.1) is 0 Å². The van der Waals surface area contributed by atoms with Crippen LogP contribution in [0.4, 0.5) is 0 Å². The Kier molecular flexibility index (Phi) is 2.96. The van der Waals surface area contributed by atoms with Gasteiger partial charge < -0.3 is 9.84 Å². The molecule has 3 nitrogen and oxygen atoms in total. The molecule has 2 aliphatic rings. The molecule has 2 heterocycles. The van der Waals surface area contributed by atoms with Crippen LogP contribution < -0.4 is 0 Å². The van der Waals surface area contributed by atoms with Crippen LogP contribution in [-0.2, 0) is 11.2 Å². The quantitative estimate of drug-likeness (QED) is 0.818. The topological polar surface area (TPSA) is 42.4 Å². The highest BCUT2D eigenvalue weighted by molar-refractivity contribution is 7.11. The fourth-order valence-electron chi connectivity index (χ4n) is 2.52. The summed E-state index contributed by atoms with van der Waals surface area (Å²) in [5.41, 5.74) is 0.955. The largest absolute Gasteiger partial charge is 0.387 e. The molecule has 16 heavy (non-hydrogen) atoms. The van der Waals surface area contributed by atoms with E-state index in [4.69, 9.17) is 4.74 Å². The average Bonchev–Trinajstić information content (AvgIpc) is 2.76. The summed E-state index contributed by atoms with van der Waals surface area (Å²) in [6, 6.07) is 0. The monoisotopic (exact) mass is 239 g/mol. The third-order valence-corrected chi connectivity index (χ3v) is 4.74. The van der Waals surface area contributed by atoms with E-state index in [1.807, 2.05) is 0 Å². The van der Waals surface area contributed by atoms with Crippen molar-refractivity contribution in [1.29, 1.82) is 0 Å². The molecule has 1 aliphatic carbocycles. The molecule has 0 saturated carbocycles. The molecular weight excluding hydrogens is 222 g/mol. The van der Waals surface area contributed by atoms with Crippen LogP contribution in [0.25, 0.3) is 0 Å². The minimum absolute atomic E-state index is 0.321. The third-order valence-electron chi connectivity index (χ3n) is 3.45. The molecule has 0 radical (unpaired) electrons.